The lowest BCUT2D eigenvalue weighted by molar-refractivity contribution is -0.141. The Morgan fingerprint density at radius 2 is 1.95 bits per heavy atom. The van der Waals surface area contributed by atoms with Crippen LogP contribution in [0.3, 0.4) is 0 Å². The third-order valence-corrected chi connectivity index (χ3v) is 2.39. The molecule has 0 fully saturated rings. The van der Waals surface area contributed by atoms with Gasteiger partial charge in [-0.3, -0.25) is 0 Å². The summed E-state index contributed by atoms with van der Waals surface area (Å²) in [5.74, 6) is 0.0140. The summed E-state index contributed by atoms with van der Waals surface area (Å²) in [7, 11) is 0. The average molecular weight is 298 g/mol. The fourth-order valence-corrected chi connectivity index (χ4v) is 1.58. The van der Waals surface area contributed by atoms with Gasteiger partial charge in [0.1, 0.15) is 5.82 Å². The minimum absolute atomic E-state index is 0.0140. The lowest BCUT2D eigenvalue weighted by atomic mass is 10.1. The van der Waals surface area contributed by atoms with Crippen molar-refractivity contribution in [1.82, 2.24) is 9.97 Å². The molecule has 0 bridgehead atoms. The van der Waals surface area contributed by atoms with E-state index in [-0.39, 0.29) is 5.82 Å². The summed E-state index contributed by atoms with van der Waals surface area (Å²) in [5.41, 5.74) is -1.60. The van der Waals surface area contributed by atoms with E-state index >= 15 is 0 Å². The van der Waals surface area contributed by atoms with Gasteiger partial charge in [-0.25, -0.2) is 9.97 Å². The smallest absolute Gasteiger partial charge is 0.374 e. The first-order valence-corrected chi connectivity index (χ1v) is 6.01. The van der Waals surface area contributed by atoms with Gasteiger partial charge in [0.25, 0.3) is 0 Å². The fourth-order valence-electron chi connectivity index (χ4n) is 1.40. The number of anilines is 1. The molecule has 1 aromatic rings. The zero-order valence-corrected chi connectivity index (χ0v) is 11.6. The molecular formula is C11H15ClF3N3O. The van der Waals surface area contributed by atoms with Gasteiger partial charge in [0.15, 0.2) is 5.69 Å². The van der Waals surface area contributed by atoms with E-state index in [1.54, 1.807) is 0 Å². The summed E-state index contributed by atoms with van der Waals surface area (Å²) in [6.07, 6.45) is -4.56. The minimum Gasteiger partial charge on any atom is -0.374 e. The van der Waals surface area contributed by atoms with Crippen molar-refractivity contribution in [1.29, 1.82) is 0 Å². The van der Waals surface area contributed by atoms with Crippen molar-refractivity contribution in [3.63, 3.8) is 0 Å². The monoisotopic (exact) mass is 297 g/mol. The van der Waals surface area contributed by atoms with E-state index in [0.29, 0.717) is 13.2 Å². The van der Waals surface area contributed by atoms with Crippen molar-refractivity contribution < 1.29 is 17.9 Å². The van der Waals surface area contributed by atoms with Gasteiger partial charge in [0.05, 0.1) is 5.60 Å². The number of halogens is 4. The van der Waals surface area contributed by atoms with Crippen LogP contribution in [0.25, 0.3) is 0 Å². The van der Waals surface area contributed by atoms with Crippen LogP contribution >= 0.6 is 11.6 Å². The molecule has 0 aromatic carbocycles. The van der Waals surface area contributed by atoms with Gasteiger partial charge in [-0.2, -0.15) is 13.2 Å². The number of rotatable bonds is 5. The number of nitrogens with one attached hydrogen (secondary N) is 1. The Balaban J connectivity index is 2.82. The third-order valence-electron chi connectivity index (χ3n) is 2.22. The Hall–Kier alpha value is -1.08. The van der Waals surface area contributed by atoms with Gasteiger partial charge in [-0.05, 0) is 32.4 Å². The first-order chi connectivity index (χ1) is 8.64. The molecule has 0 aliphatic carbocycles. The van der Waals surface area contributed by atoms with Crippen LogP contribution in [-0.4, -0.2) is 28.7 Å². The zero-order valence-electron chi connectivity index (χ0n) is 10.8. The maximum absolute atomic E-state index is 12.5. The molecule has 0 saturated carbocycles. The number of aromatic nitrogens is 2. The van der Waals surface area contributed by atoms with Crippen LogP contribution in [0, 0.1) is 0 Å². The second-order valence-corrected chi connectivity index (χ2v) is 4.79. The van der Waals surface area contributed by atoms with E-state index in [1.165, 1.54) is 0 Å². The van der Waals surface area contributed by atoms with Crippen LogP contribution in [0.15, 0.2) is 6.07 Å². The lowest BCUT2D eigenvalue weighted by Crippen LogP contribution is -2.33. The molecule has 108 valence electrons. The summed E-state index contributed by atoms with van der Waals surface area (Å²) < 4.78 is 43.0. The highest BCUT2D eigenvalue weighted by Crippen LogP contribution is 2.29. The summed E-state index contributed by atoms with van der Waals surface area (Å²) in [5, 5.41) is 2.31. The third kappa shape index (κ3) is 5.20. The number of ether oxygens (including phenoxy) is 1. The predicted molar refractivity (Wildman–Crippen MR) is 66.2 cm³/mol. The van der Waals surface area contributed by atoms with Crippen molar-refractivity contribution in [3.8, 4) is 0 Å². The van der Waals surface area contributed by atoms with E-state index in [4.69, 9.17) is 16.3 Å². The van der Waals surface area contributed by atoms with Crippen LogP contribution in [0.4, 0.5) is 19.0 Å². The first kappa shape index (κ1) is 16.0. The minimum atomic E-state index is -4.56. The van der Waals surface area contributed by atoms with Gasteiger partial charge in [0, 0.05) is 19.2 Å². The summed E-state index contributed by atoms with van der Waals surface area (Å²) >= 11 is 5.47. The molecule has 1 aromatic heterocycles. The highest BCUT2D eigenvalue weighted by Gasteiger charge is 2.33. The standard InChI is InChI=1S/C11H15ClF3N3O/c1-4-19-10(2,3)6-16-8-5-7(11(13,14)15)17-9(12)18-8/h5H,4,6H2,1-3H3,(H,16,17,18). The van der Waals surface area contributed by atoms with Crippen LogP contribution in [0.1, 0.15) is 26.5 Å². The number of nitrogens with zero attached hydrogens (tertiary/aromatic N) is 2. The second kappa shape index (κ2) is 5.92. The number of hydrogen-bond acceptors (Lipinski definition) is 4. The quantitative estimate of drug-likeness (QED) is 0.847. The van der Waals surface area contributed by atoms with Gasteiger partial charge in [-0.1, -0.05) is 0 Å². The molecule has 19 heavy (non-hydrogen) atoms. The number of hydrogen-bond donors (Lipinski definition) is 1. The van der Waals surface area contributed by atoms with E-state index in [2.05, 4.69) is 15.3 Å². The highest BCUT2D eigenvalue weighted by molar-refractivity contribution is 6.28. The molecule has 0 amide bonds. The largest absolute Gasteiger partial charge is 0.433 e. The first-order valence-electron chi connectivity index (χ1n) is 5.63. The van der Waals surface area contributed by atoms with Crippen molar-refractivity contribution in [2.45, 2.75) is 32.5 Å². The maximum atomic E-state index is 12.5. The Morgan fingerprint density at radius 1 is 1.32 bits per heavy atom. The van der Waals surface area contributed by atoms with Crippen LogP contribution in [0.2, 0.25) is 5.28 Å². The molecule has 0 atom stereocenters. The van der Waals surface area contributed by atoms with Gasteiger partial charge >= 0.3 is 6.18 Å². The SMILES string of the molecule is CCOC(C)(C)CNc1cc(C(F)(F)F)nc(Cl)n1. The van der Waals surface area contributed by atoms with Crippen molar-refractivity contribution >= 4 is 17.4 Å². The Morgan fingerprint density at radius 3 is 2.47 bits per heavy atom. The van der Waals surface area contributed by atoms with Crippen LogP contribution < -0.4 is 5.32 Å². The fraction of sp³-hybridized carbons (Fsp3) is 0.636. The molecular weight excluding hydrogens is 283 g/mol. The van der Waals surface area contributed by atoms with E-state index < -0.39 is 22.8 Å². The van der Waals surface area contributed by atoms with Crippen LogP contribution in [-0.2, 0) is 10.9 Å². The molecule has 0 aliphatic rings. The average Bonchev–Trinajstić information content (AvgIpc) is 2.24. The number of alkyl halides is 3. The molecule has 0 saturated heterocycles. The molecule has 4 nitrogen and oxygen atoms in total. The summed E-state index contributed by atoms with van der Waals surface area (Å²) in [6.45, 7) is 6.28. The summed E-state index contributed by atoms with van der Waals surface area (Å²) in [4.78, 5) is 6.84. The molecule has 0 radical (unpaired) electrons. The van der Waals surface area contributed by atoms with Crippen LogP contribution in [0.5, 0.6) is 0 Å². The maximum Gasteiger partial charge on any atom is 0.433 e. The van der Waals surface area contributed by atoms with Crippen molar-refractivity contribution in [2.24, 2.45) is 0 Å². The molecule has 0 aliphatic heterocycles. The van der Waals surface area contributed by atoms with E-state index in [0.717, 1.165) is 6.07 Å². The van der Waals surface area contributed by atoms with Crippen molar-refractivity contribution in [2.75, 3.05) is 18.5 Å². The topological polar surface area (TPSA) is 47.0 Å². The Kier molecular flexibility index (Phi) is 4.98. The van der Waals surface area contributed by atoms with Gasteiger partial charge < -0.3 is 10.1 Å². The highest BCUT2D eigenvalue weighted by atomic mass is 35.5. The van der Waals surface area contributed by atoms with E-state index in [9.17, 15) is 13.2 Å². The molecule has 0 spiro atoms. The summed E-state index contributed by atoms with van der Waals surface area (Å²) in [6, 6.07) is 0.813. The second-order valence-electron chi connectivity index (χ2n) is 4.45. The molecule has 8 heteroatoms. The van der Waals surface area contributed by atoms with E-state index in [1.807, 2.05) is 20.8 Å². The molecule has 1 N–H and O–H groups in total. The normalized spacial score (nSPS) is 12.6. The van der Waals surface area contributed by atoms with Crippen molar-refractivity contribution in [3.05, 3.63) is 17.0 Å². The van der Waals surface area contributed by atoms with Gasteiger partial charge in [0.2, 0.25) is 5.28 Å². The molecule has 1 rings (SSSR count). The van der Waals surface area contributed by atoms with Gasteiger partial charge in [-0.15, -0.1) is 0 Å². The predicted octanol–water partition coefficient (Wildman–Crippen LogP) is 3.38. The zero-order chi connectivity index (χ0) is 14.7. The molecule has 0 unspecified atom stereocenters. The Bertz CT molecular complexity index is 438. The lowest BCUT2D eigenvalue weighted by Gasteiger charge is -2.25. The Labute approximate surface area is 114 Å². The molecule has 1 heterocycles.